The van der Waals surface area contributed by atoms with Gasteiger partial charge in [0.05, 0.1) is 0 Å². The molecule has 0 aromatic heterocycles. The van der Waals surface area contributed by atoms with Crippen LogP contribution in [-0.4, -0.2) is 46.4 Å². The maximum atomic E-state index is 12.5. The number of nitrogens with one attached hydrogen (secondary N) is 1. The Bertz CT molecular complexity index is 623. The number of benzene rings is 1. The molecule has 6 heteroatoms. The molecule has 1 heterocycles. The van der Waals surface area contributed by atoms with Crippen LogP contribution in [0.4, 0.5) is 0 Å². The summed E-state index contributed by atoms with van der Waals surface area (Å²) in [5.41, 5.74) is 1.12. The second-order valence-electron chi connectivity index (χ2n) is 6.07. The number of carboxylic acids is 1. The molecule has 0 radical (unpaired) electrons. The van der Waals surface area contributed by atoms with Crippen LogP contribution < -0.4 is 5.31 Å². The third-order valence-corrected chi connectivity index (χ3v) is 4.21. The van der Waals surface area contributed by atoms with Crippen molar-refractivity contribution in [2.75, 3.05) is 6.54 Å². The molecule has 0 aliphatic carbocycles. The molecular formula is C18H24N2O4. The topological polar surface area (TPSA) is 86.7 Å². The third-order valence-electron chi connectivity index (χ3n) is 4.21. The molecule has 6 nitrogen and oxygen atoms in total. The molecule has 1 aromatic rings. The molecule has 130 valence electrons. The molecule has 1 aliphatic heterocycles. The molecule has 2 N–H and O–H groups in total. The maximum Gasteiger partial charge on any atom is 0.326 e. The molecule has 2 rings (SSSR count). The van der Waals surface area contributed by atoms with E-state index in [9.17, 15) is 14.4 Å². The van der Waals surface area contributed by atoms with Crippen LogP contribution in [0.5, 0.6) is 0 Å². The zero-order chi connectivity index (χ0) is 18.4. The van der Waals surface area contributed by atoms with Crippen molar-refractivity contribution >= 4 is 17.8 Å². The lowest BCUT2D eigenvalue weighted by molar-refractivity contribution is -0.149. The van der Waals surface area contributed by atoms with Crippen molar-refractivity contribution in [3.8, 4) is 0 Å². The van der Waals surface area contributed by atoms with Crippen molar-refractivity contribution in [3.63, 3.8) is 0 Å². The van der Waals surface area contributed by atoms with Crippen LogP contribution in [-0.2, 0) is 20.8 Å². The number of nitrogens with zero attached hydrogens (tertiary/aromatic N) is 1. The number of rotatable bonds is 7. The fourth-order valence-corrected chi connectivity index (χ4v) is 2.95. The lowest BCUT2D eigenvalue weighted by Crippen LogP contribution is -2.50. The van der Waals surface area contributed by atoms with E-state index in [-0.39, 0.29) is 6.42 Å². The molecule has 0 unspecified atom stereocenters. The van der Waals surface area contributed by atoms with Gasteiger partial charge in [-0.15, -0.1) is 0 Å². The van der Waals surface area contributed by atoms with E-state index in [4.69, 9.17) is 6.52 Å². The van der Waals surface area contributed by atoms with Gasteiger partial charge in [-0.3, -0.25) is 9.59 Å². The highest BCUT2D eigenvalue weighted by Gasteiger charge is 2.36. The van der Waals surface area contributed by atoms with Crippen LogP contribution in [0.25, 0.3) is 0 Å². The Morgan fingerprint density at radius 3 is 2.75 bits per heavy atom. The quantitative estimate of drug-likeness (QED) is 0.793. The van der Waals surface area contributed by atoms with Crippen LogP contribution >= 0.6 is 0 Å². The molecule has 1 fully saturated rings. The van der Waals surface area contributed by atoms with E-state index < -0.39 is 29.9 Å². The van der Waals surface area contributed by atoms with Gasteiger partial charge in [0.2, 0.25) is 11.8 Å². The van der Waals surface area contributed by atoms with Crippen LogP contribution in [0.1, 0.15) is 38.2 Å². The normalized spacial score (nSPS) is 18.8. The number of carbonyl (C=O) groups excluding carboxylic acids is 2. The number of aliphatic carboxylic acids is 1. The van der Waals surface area contributed by atoms with Gasteiger partial charge in [0.15, 0.2) is 1.41 Å². The lowest BCUT2D eigenvalue weighted by Gasteiger charge is -2.25. The first-order chi connectivity index (χ1) is 11.9. The fourth-order valence-electron chi connectivity index (χ4n) is 2.95. The lowest BCUT2D eigenvalue weighted by atomic mass is 10.1. The first-order valence-electron chi connectivity index (χ1n) is 8.74. The molecule has 1 saturated heterocycles. The molecule has 24 heavy (non-hydrogen) atoms. The number of hydrogen-bond acceptors (Lipinski definition) is 3. The summed E-state index contributed by atoms with van der Waals surface area (Å²) in [6.45, 7) is 1.83. The number of amides is 2. The van der Waals surface area contributed by atoms with Gasteiger partial charge in [0.1, 0.15) is 12.1 Å². The predicted octanol–water partition coefficient (Wildman–Crippen LogP) is 1.59. The minimum atomic E-state index is -1.04. The van der Waals surface area contributed by atoms with Crippen molar-refractivity contribution in [3.05, 3.63) is 35.9 Å². The summed E-state index contributed by atoms with van der Waals surface area (Å²) >= 11 is 0. The van der Waals surface area contributed by atoms with Crippen molar-refractivity contribution in [2.24, 2.45) is 0 Å². The van der Waals surface area contributed by atoms with Gasteiger partial charge in [0, 0.05) is 13.0 Å². The zero-order valence-electron chi connectivity index (χ0n) is 14.9. The Morgan fingerprint density at radius 2 is 2.08 bits per heavy atom. The monoisotopic (exact) mass is 333 g/mol. The van der Waals surface area contributed by atoms with Gasteiger partial charge in [-0.05, 0) is 38.2 Å². The summed E-state index contributed by atoms with van der Waals surface area (Å²) < 4.78 is 7.92. The molecule has 1 aliphatic rings. The average molecular weight is 333 g/mol. The van der Waals surface area contributed by atoms with E-state index >= 15 is 0 Å². The summed E-state index contributed by atoms with van der Waals surface area (Å²) in [6, 6.07) is 7.92. The van der Waals surface area contributed by atoms with E-state index in [0.29, 0.717) is 31.1 Å². The van der Waals surface area contributed by atoms with Crippen LogP contribution in [0, 0.1) is 0 Å². The summed E-state index contributed by atoms with van der Waals surface area (Å²) in [7, 11) is 0. The Morgan fingerprint density at radius 1 is 1.38 bits per heavy atom. The first-order valence-corrected chi connectivity index (χ1v) is 8.30. The van der Waals surface area contributed by atoms with Crippen LogP contribution in [0.15, 0.2) is 30.3 Å². The minimum Gasteiger partial charge on any atom is -0.480 e. The highest BCUT2D eigenvalue weighted by Crippen LogP contribution is 2.18. The highest BCUT2D eigenvalue weighted by molar-refractivity contribution is 5.90. The zero-order valence-corrected chi connectivity index (χ0v) is 13.9. The number of likely N-dealkylation sites (tertiary alicyclic amines) is 1. The Labute approximate surface area is 143 Å². The number of carboxylic acid groups (broad SMARTS) is 1. The van der Waals surface area contributed by atoms with E-state index in [1.165, 1.54) is 11.8 Å². The Hall–Kier alpha value is -2.37. The van der Waals surface area contributed by atoms with Crippen LogP contribution in [0.3, 0.4) is 0 Å². The summed E-state index contributed by atoms with van der Waals surface area (Å²) in [5.74, 6) is -1.94. The van der Waals surface area contributed by atoms with Gasteiger partial charge >= 0.3 is 5.97 Å². The smallest absolute Gasteiger partial charge is 0.326 e. The summed E-state index contributed by atoms with van der Waals surface area (Å²) in [6.07, 6.45) is 2.55. The van der Waals surface area contributed by atoms with Crippen molar-refractivity contribution in [2.45, 2.75) is 51.1 Å². The van der Waals surface area contributed by atoms with Crippen molar-refractivity contribution < 1.29 is 20.9 Å². The predicted molar refractivity (Wildman–Crippen MR) is 89.4 cm³/mol. The molecule has 0 bridgehead atoms. The molecule has 2 atom stereocenters. The molecular weight excluding hydrogens is 308 g/mol. The molecule has 0 saturated carbocycles. The van der Waals surface area contributed by atoms with E-state index in [1.54, 1.807) is 0 Å². The van der Waals surface area contributed by atoms with Crippen molar-refractivity contribution in [1.82, 2.24) is 10.2 Å². The molecule has 1 aromatic carbocycles. The SMILES string of the molecule is [2H]N(C(=O)CCCc1ccccc1)[C@@H](C)C(=O)N1CCC[C@H]1C(=O)O. The Balaban J connectivity index is 1.85. The van der Waals surface area contributed by atoms with Crippen molar-refractivity contribution in [1.29, 1.82) is 0 Å². The first kappa shape index (κ1) is 16.5. The summed E-state index contributed by atoms with van der Waals surface area (Å²) in [4.78, 5) is 37.1. The minimum absolute atomic E-state index is 0.179. The van der Waals surface area contributed by atoms with E-state index in [1.807, 2.05) is 30.3 Å². The second-order valence-corrected chi connectivity index (χ2v) is 6.07. The fraction of sp³-hybridized carbons (Fsp3) is 0.500. The molecule has 2 amide bonds. The van der Waals surface area contributed by atoms with Crippen LogP contribution in [0.2, 0.25) is 1.41 Å². The largest absolute Gasteiger partial charge is 0.480 e. The highest BCUT2D eigenvalue weighted by atomic mass is 16.4. The number of hydrogen-bond donors (Lipinski definition) is 2. The van der Waals surface area contributed by atoms with Gasteiger partial charge in [0.25, 0.3) is 0 Å². The molecule has 0 spiro atoms. The standard InChI is InChI=1S/C18H24N2O4/c1-13(17(22)20-12-6-10-15(20)18(23)24)19-16(21)11-5-9-14-7-3-2-4-8-14/h2-4,7-8,13,15H,5-6,9-12H2,1H3,(H,19,21)(H,23,24)/t13-,15-/m0/s1/i/hD. The average Bonchev–Trinajstić information content (AvgIpc) is 3.10. The van der Waals surface area contributed by atoms with Gasteiger partial charge < -0.3 is 15.3 Å². The second kappa shape index (κ2) is 8.47. The van der Waals surface area contributed by atoms with Gasteiger partial charge in [-0.1, -0.05) is 30.3 Å². The third kappa shape index (κ3) is 4.81. The Kier molecular flexibility index (Phi) is 5.82. The number of carbonyl (C=O) groups is 3. The van der Waals surface area contributed by atoms with E-state index in [0.717, 1.165) is 12.0 Å². The van der Waals surface area contributed by atoms with E-state index in [2.05, 4.69) is 0 Å². The summed E-state index contributed by atoms with van der Waals surface area (Å²) in [5, 5.41) is 9.85. The van der Waals surface area contributed by atoms with Gasteiger partial charge in [-0.25, -0.2) is 4.79 Å². The van der Waals surface area contributed by atoms with Gasteiger partial charge in [-0.2, -0.15) is 0 Å². The maximum absolute atomic E-state index is 12.5. The number of aryl methyl sites for hydroxylation is 1.